The molecule has 1 rings (SSSR count). The Morgan fingerprint density at radius 2 is 1.93 bits per heavy atom. The fourth-order valence-electron chi connectivity index (χ4n) is 1.10. The molecule has 15 heavy (non-hydrogen) atoms. The number of nitrogens with two attached hydrogens (primary N) is 2. The van der Waals surface area contributed by atoms with Gasteiger partial charge in [0, 0.05) is 24.2 Å². The standard InChI is InChI=1S/C10H13N3O2/c11-4-5-13-10(15)8-3-1-2-7(6-8)9(12)14/h1-3,6H,4-5,11H2,(H2,12,14)(H,13,15). The third-order valence-electron chi connectivity index (χ3n) is 1.84. The van der Waals surface area contributed by atoms with Crippen molar-refractivity contribution in [2.24, 2.45) is 11.5 Å². The summed E-state index contributed by atoms with van der Waals surface area (Å²) in [5, 5.41) is 2.60. The fourth-order valence-corrected chi connectivity index (χ4v) is 1.10. The zero-order chi connectivity index (χ0) is 11.3. The van der Waals surface area contributed by atoms with Gasteiger partial charge in [0.15, 0.2) is 0 Å². The molecule has 2 amide bonds. The Labute approximate surface area is 87.4 Å². The van der Waals surface area contributed by atoms with Gasteiger partial charge in [-0.25, -0.2) is 0 Å². The van der Waals surface area contributed by atoms with E-state index in [1.165, 1.54) is 6.07 Å². The smallest absolute Gasteiger partial charge is 0.251 e. The fraction of sp³-hybridized carbons (Fsp3) is 0.200. The maximum absolute atomic E-state index is 11.5. The maximum atomic E-state index is 11.5. The highest BCUT2D eigenvalue weighted by Crippen LogP contribution is 2.04. The minimum Gasteiger partial charge on any atom is -0.366 e. The first kappa shape index (κ1) is 11.2. The zero-order valence-corrected chi connectivity index (χ0v) is 8.19. The van der Waals surface area contributed by atoms with E-state index in [-0.39, 0.29) is 5.91 Å². The largest absolute Gasteiger partial charge is 0.366 e. The van der Waals surface area contributed by atoms with E-state index in [0.29, 0.717) is 24.2 Å². The van der Waals surface area contributed by atoms with Crippen LogP contribution in [-0.4, -0.2) is 24.9 Å². The lowest BCUT2D eigenvalue weighted by Gasteiger charge is -2.04. The predicted octanol–water partition coefficient (Wildman–Crippen LogP) is -0.526. The van der Waals surface area contributed by atoms with Crippen molar-refractivity contribution < 1.29 is 9.59 Å². The van der Waals surface area contributed by atoms with Crippen molar-refractivity contribution in [3.63, 3.8) is 0 Å². The quantitative estimate of drug-likeness (QED) is 0.619. The molecule has 1 aromatic carbocycles. The highest BCUT2D eigenvalue weighted by atomic mass is 16.2. The minimum absolute atomic E-state index is 0.261. The molecule has 0 saturated carbocycles. The van der Waals surface area contributed by atoms with Gasteiger partial charge in [0.2, 0.25) is 5.91 Å². The lowest BCUT2D eigenvalue weighted by Crippen LogP contribution is -2.29. The van der Waals surface area contributed by atoms with Crippen LogP contribution in [0.1, 0.15) is 20.7 Å². The number of primary amides is 1. The summed E-state index contributed by atoms with van der Waals surface area (Å²) in [6, 6.07) is 6.23. The van der Waals surface area contributed by atoms with Crippen molar-refractivity contribution >= 4 is 11.8 Å². The Kier molecular flexibility index (Phi) is 3.82. The lowest BCUT2D eigenvalue weighted by atomic mass is 10.1. The summed E-state index contributed by atoms with van der Waals surface area (Å²) in [6.45, 7) is 0.779. The summed E-state index contributed by atoms with van der Waals surface area (Å²) in [5.74, 6) is -0.813. The second-order valence-electron chi connectivity index (χ2n) is 2.99. The lowest BCUT2D eigenvalue weighted by molar-refractivity contribution is 0.0954. The van der Waals surface area contributed by atoms with Crippen molar-refractivity contribution in [3.8, 4) is 0 Å². The molecule has 0 radical (unpaired) electrons. The number of rotatable bonds is 4. The van der Waals surface area contributed by atoms with Crippen LogP contribution in [0.4, 0.5) is 0 Å². The molecule has 0 aliphatic carbocycles. The average Bonchev–Trinajstić information content (AvgIpc) is 2.26. The topological polar surface area (TPSA) is 98.2 Å². The van der Waals surface area contributed by atoms with E-state index in [2.05, 4.69) is 5.32 Å². The van der Waals surface area contributed by atoms with Gasteiger partial charge in [-0.1, -0.05) is 6.07 Å². The molecule has 0 atom stereocenters. The molecule has 5 nitrogen and oxygen atoms in total. The molecule has 0 heterocycles. The first-order valence-electron chi connectivity index (χ1n) is 4.53. The first-order chi connectivity index (χ1) is 7.15. The van der Waals surface area contributed by atoms with Gasteiger partial charge in [0.05, 0.1) is 0 Å². The molecule has 80 valence electrons. The van der Waals surface area contributed by atoms with Gasteiger partial charge in [-0.05, 0) is 18.2 Å². The molecule has 0 unspecified atom stereocenters. The van der Waals surface area contributed by atoms with Crippen molar-refractivity contribution in [1.29, 1.82) is 0 Å². The Morgan fingerprint density at radius 3 is 2.53 bits per heavy atom. The minimum atomic E-state index is -0.552. The number of hydrogen-bond acceptors (Lipinski definition) is 3. The molecular formula is C10H13N3O2. The van der Waals surface area contributed by atoms with Crippen molar-refractivity contribution in [1.82, 2.24) is 5.32 Å². The summed E-state index contributed by atoms with van der Waals surface area (Å²) >= 11 is 0. The van der Waals surface area contributed by atoms with E-state index < -0.39 is 5.91 Å². The summed E-state index contributed by atoms with van der Waals surface area (Å²) in [5.41, 5.74) is 11.1. The highest BCUT2D eigenvalue weighted by molar-refractivity contribution is 5.99. The monoisotopic (exact) mass is 207 g/mol. The molecule has 0 fully saturated rings. The van der Waals surface area contributed by atoms with Crippen LogP contribution in [-0.2, 0) is 0 Å². The molecule has 0 saturated heterocycles. The summed E-state index contributed by atoms with van der Waals surface area (Å²) < 4.78 is 0. The Balaban J connectivity index is 2.81. The predicted molar refractivity (Wildman–Crippen MR) is 56.3 cm³/mol. The SMILES string of the molecule is NCCNC(=O)c1cccc(C(N)=O)c1. The summed E-state index contributed by atoms with van der Waals surface area (Å²) in [6.07, 6.45) is 0. The number of amides is 2. The highest BCUT2D eigenvalue weighted by Gasteiger charge is 2.07. The van der Waals surface area contributed by atoms with Gasteiger partial charge < -0.3 is 16.8 Å². The number of hydrogen-bond donors (Lipinski definition) is 3. The van der Waals surface area contributed by atoms with Gasteiger partial charge >= 0.3 is 0 Å². The zero-order valence-electron chi connectivity index (χ0n) is 8.19. The number of nitrogens with one attached hydrogen (secondary N) is 1. The normalized spacial score (nSPS) is 9.67. The van der Waals surface area contributed by atoms with Crippen LogP contribution in [0.3, 0.4) is 0 Å². The summed E-state index contributed by atoms with van der Waals surface area (Å²) in [4.78, 5) is 22.3. The molecule has 0 aliphatic heterocycles. The molecule has 5 heteroatoms. The third kappa shape index (κ3) is 3.07. The second-order valence-corrected chi connectivity index (χ2v) is 2.99. The Hall–Kier alpha value is -1.88. The van der Waals surface area contributed by atoms with E-state index in [1.807, 2.05) is 0 Å². The molecule has 0 aliphatic rings. The van der Waals surface area contributed by atoms with Crippen LogP contribution in [0.2, 0.25) is 0 Å². The maximum Gasteiger partial charge on any atom is 0.251 e. The Morgan fingerprint density at radius 1 is 1.27 bits per heavy atom. The molecule has 0 bridgehead atoms. The van der Waals surface area contributed by atoms with Gasteiger partial charge in [-0.2, -0.15) is 0 Å². The van der Waals surface area contributed by atoms with Crippen molar-refractivity contribution in [2.75, 3.05) is 13.1 Å². The van der Waals surface area contributed by atoms with Crippen LogP contribution in [0.25, 0.3) is 0 Å². The van der Waals surface area contributed by atoms with Crippen molar-refractivity contribution in [3.05, 3.63) is 35.4 Å². The van der Waals surface area contributed by atoms with Gasteiger partial charge in [-0.3, -0.25) is 9.59 Å². The van der Waals surface area contributed by atoms with E-state index in [1.54, 1.807) is 18.2 Å². The number of benzene rings is 1. The van der Waals surface area contributed by atoms with Gasteiger partial charge in [0.1, 0.15) is 0 Å². The molecular weight excluding hydrogens is 194 g/mol. The van der Waals surface area contributed by atoms with Crippen LogP contribution in [0.15, 0.2) is 24.3 Å². The van der Waals surface area contributed by atoms with E-state index in [0.717, 1.165) is 0 Å². The second kappa shape index (κ2) is 5.11. The molecule has 5 N–H and O–H groups in total. The molecule has 0 aromatic heterocycles. The number of carbonyl (C=O) groups excluding carboxylic acids is 2. The van der Waals surface area contributed by atoms with E-state index in [4.69, 9.17) is 11.5 Å². The molecule has 1 aromatic rings. The van der Waals surface area contributed by atoms with Crippen molar-refractivity contribution in [2.45, 2.75) is 0 Å². The number of carbonyl (C=O) groups is 2. The van der Waals surface area contributed by atoms with Crippen LogP contribution < -0.4 is 16.8 Å². The molecule has 0 spiro atoms. The van der Waals surface area contributed by atoms with Crippen LogP contribution >= 0.6 is 0 Å². The van der Waals surface area contributed by atoms with Gasteiger partial charge in [0.25, 0.3) is 5.91 Å². The van der Waals surface area contributed by atoms with E-state index in [9.17, 15) is 9.59 Å². The Bertz CT molecular complexity index is 377. The van der Waals surface area contributed by atoms with E-state index >= 15 is 0 Å². The van der Waals surface area contributed by atoms with Crippen LogP contribution in [0.5, 0.6) is 0 Å². The third-order valence-corrected chi connectivity index (χ3v) is 1.84. The van der Waals surface area contributed by atoms with Gasteiger partial charge in [-0.15, -0.1) is 0 Å². The van der Waals surface area contributed by atoms with Crippen LogP contribution in [0, 0.1) is 0 Å². The first-order valence-corrected chi connectivity index (χ1v) is 4.53. The summed E-state index contributed by atoms with van der Waals surface area (Å²) in [7, 11) is 0. The average molecular weight is 207 g/mol.